The van der Waals surface area contributed by atoms with E-state index >= 15 is 0 Å². The average molecular weight is 169 g/mol. The molecule has 0 aromatic carbocycles. The molecule has 0 N–H and O–H groups in total. The van der Waals surface area contributed by atoms with Crippen LogP contribution in [0.15, 0.2) is 5.18 Å². The molecule has 3 nitrogen and oxygen atoms in total. The highest BCUT2D eigenvalue weighted by Crippen LogP contribution is 2.32. The first-order chi connectivity index (χ1) is 5.79. The summed E-state index contributed by atoms with van der Waals surface area (Å²) in [6.45, 7) is 1.81. The minimum absolute atomic E-state index is 0.0754. The lowest BCUT2D eigenvalue weighted by Crippen LogP contribution is -2.28. The van der Waals surface area contributed by atoms with Crippen molar-refractivity contribution in [1.29, 1.82) is 0 Å². The second-order valence-corrected chi connectivity index (χ2v) is 3.59. The van der Waals surface area contributed by atoms with E-state index in [-0.39, 0.29) is 17.9 Å². The molecule has 0 aromatic heterocycles. The van der Waals surface area contributed by atoms with Crippen molar-refractivity contribution in [2.45, 2.75) is 38.6 Å². The van der Waals surface area contributed by atoms with Crippen LogP contribution in [0.4, 0.5) is 0 Å². The van der Waals surface area contributed by atoms with Gasteiger partial charge in [0.15, 0.2) is 0 Å². The summed E-state index contributed by atoms with van der Waals surface area (Å²) in [6, 6.07) is -0.194. The van der Waals surface area contributed by atoms with Crippen LogP contribution in [-0.2, 0) is 4.79 Å². The fraction of sp³-hybridized carbons (Fsp3) is 0.889. The van der Waals surface area contributed by atoms with Gasteiger partial charge in [-0.05, 0) is 25.7 Å². The monoisotopic (exact) mass is 169 g/mol. The molecule has 68 valence electrons. The van der Waals surface area contributed by atoms with E-state index in [1.54, 1.807) is 6.92 Å². The minimum atomic E-state index is -0.194. The van der Waals surface area contributed by atoms with Crippen molar-refractivity contribution in [3.8, 4) is 0 Å². The zero-order chi connectivity index (χ0) is 8.97. The lowest BCUT2D eigenvalue weighted by Gasteiger charge is -2.28. The van der Waals surface area contributed by atoms with Crippen LogP contribution < -0.4 is 0 Å². The van der Waals surface area contributed by atoms with Crippen molar-refractivity contribution in [2.24, 2.45) is 17.0 Å². The smallest absolute Gasteiger partial charge is 0.123 e. The van der Waals surface area contributed by atoms with E-state index in [1.807, 2.05) is 0 Å². The summed E-state index contributed by atoms with van der Waals surface area (Å²) in [4.78, 5) is 20.9. The molecule has 1 fully saturated rings. The van der Waals surface area contributed by atoms with Crippen LogP contribution in [-0.4, -0.2) is 12.3 Å². The average Bonchev–Trinajstić information content (AvgIpc) is 2.16. The van der Waals surface area contributed by atoms with E-state index in [1.165, 1.54) is 0 Å². The van der Waals surface area contributed by atoms with Crippen molar-refractivity contribution in [2.75, 3.05) is 0 Å². The molecule has 1 aliphatic rings. The highest BCUT2D eigenvalue weighted by molar-refractivity contribution is 5.54. The van der Waals surface area contributed by atoms with Gasteiger partial charge in [-0.25, -0.2) is 0 Å². The Labute approximate surface area is 72.5 Å². The SMILES string of the molecule is CC(N=O)C1CCCCC1C=O. The Kier molecular flexibility index (Phi) is 3.38. The second kappa shape index (κ2) is 4.33. The minimum Gasteiger partial charge on any atom is -0.303 e. The Morgan fingerprint density at radius 2 is 2.08 bits per heavy atom. The molecule has 0 aromatic rings. The first-order valence-corrected chi connectivity index (χ1v) is 4.57. The normalized spacial score (nSPS) is 32.4. The van der Waals surface area contributed by atoms with Gasteiger partial charge in [-0.15, -0.1) is 0 Å². The number of nitroso groups, excluding NO2 is 1. The quantitative estimate of drug-likeness (QED) is 0.480. The largest absolute Gasteiger partial charge is 0.303 e. The summed E-state index contributed by atoms with van der Waals surface area (Å²) in [5, 5.41) is 3.00. The third kappa shape index (κ3) is 1.90. The number of hydrogen-bond acceptors (Lipinski definition) is 3. The molecular formula is C9H15NO2. The van der Waals surface area contributed by atoms with Gasteiger partial charge >= 0.3 is 0 Å². The molecule has 0 saturated heterocycles. The van der Waals surface area contributed by atoms with Crippen LogP contribution in [0.25, 0.3) is 0 Å². The number of aldehydes is 1. The summed E-state index contributed by atoms with van der Waals surface area (Å²) in [6.07, 6.45) is 5.16. The van der Waals surface area contributed by atoms with Gasteiger partial charge in [-0.3, -0.25) is 0 Å². The standard InChI is InChI=1S/C9H15NO2/c1-7(10-12)9-5-3-2-4-8(9)6-11/h6-9H,2-5H2,1H3. The topological polar surface area (TPSA) is 46.5 Å². The molecule has 3 heteroatoms. The van der Waals surface area contributed by atoms with E-state index < -0.39 is 0 Å². The molecule has 1 rings (SSSR count). The van der Waals surface area contributed by atoms with Gasteiger partial charge in [0.25, 0.3) is 0 Å². The number of carbonyl (C=O) groups is 1. The molecule has 0 heterocycles. The molecular weight excluding hydrogens is 154 g/mol. The van der Waals surface area contributed by atoms with Crippen molar-refractivity contribution < 1.29 is 4.79 Å². The van der Waals surface area contributed by atoms with E-state index in [0.717, 1.165) is 32.0 Å². The summed E-state index contributed by atoms with van der Waals surface area (Å²) in [5.41, 5.74) is 0. The molecule has 0 aliphatic heterocycles. The highest BCUT2D eigenvalue weighted by Gasteiger charge is 2.29. The lowest BCUT2D eigenvalue weighted by molar-refractivity contribution is -0.113. The van der Waals surface area contributed by atoms with Crippen molar-refractivity contribution in [1.82, 2.24) is 0 Å². The fourth-order valence-electron chi connectivity index (χ4n) is 2.03. The van der Waals surface area contributed by atoms with Crippen LogP contribution in [0.5, 0.6) is 0 Å². The second-order valence-electron chi connectivity index (χ2n) is 3.59. The van der Waals surface area contributed by atoms with Gasteiger partial charge in [0, 0.05) is 5.92 Å². The Morgan fingerprint density at radius 3 is 2.67 bits per heavy atom. The third-order valence-corrected chi connectivity index (χ3v) is 2.84. The van der Waals surface area contributed by atoms with E-state index in [0.29, 0.717) is 0 Å². The van der Waals surface area contributed by atoms with Gasteiger partial charge in [-0.1, -0.05) is 18.0 Å². The summed E-state index contributed by atoms with van der Waals surface area (Å²) < 4.78 is 0. The molecule has 0 radical (unpaired) electrons. The first-order valence-electron chi connectivity index (χ1n) is 4.57. The summed E-state index contributed by atoms with van der Waals surface area (Å²) in [7, 11) is 0. The Morgan fingerprint density at radius 1 is 1.42 bits per heavy atom. The number of nitrogens with zero attached hydrogens (tertiary/aromatic N) is 1. The van der Waals surface area contributed by atoms with Gasteiger partial charge < -0.3 is 4.79 Å². The molecule has 3 unspecified atom stereocenters. The van der Waals surface area contributed by atoms with Crippen LogP contribution in [0, 0.1) is 16.7 Å². The van der Waals surface area contributed by atoms with E-state index in [2.05, 4.69) is 5.18 Å². The number of carbonyl (C=O) groups excluding carboxylic acids is 1. The molecule has 1 aliphatic carbocycles. The van der Waals surface area contributed by atoms with Crippen molar-refractivity contribution in [3.63, 3.8) is 0 Å². The van der Waals surface area contributed by atoms with Crippen LogP contribution in [0.3, 0.4) is 0 Å². The summed E-state index contributed by atoms with van der Waals surface area (Å²) in [5.74, 6) is 0.278. The highest BCUT2D eigenvalue weighted by atomic mass is 16.3. The van der Waals surface area contributed by atoms with Gasteiger partial charge in [0.1, 0.15) is 6.29 Å². The molecule has 0 amide bonds. The zero-order valence-electron chi connectivity index (χ0n) is 7.40. The van der Waals surface area contributed by atoms with Gasteiger partial charge in [-0.2, -0.15) is 4.91 Å². The molecule has 12 heavy (non-hydrogen) atoms. The number of hydrogen-bond donors (Lipinski definition) is 0. The third-order valence-electron chi connectivity index (χ3n) is 2.84. The predicted octanol–water partition coefficient (Wildman–Crippen LogP) is 2.15. The predicted molar refractivity (Wildman–Crippen MR) is 46.8 cm³/mol. The van der Waals surface area contributed by atoms with Crippen LogP contribution in [0.1, 0.15) is 32.6 Å². The maximum atomic E-state index is 10.6. The Balaban J connectivity index is 2.57. The lowest BCUT2D eigenvalue weighted by atomic mass is 9.77. The Bertz CT molecular complexity index is 170. The molecule has 0 bridgehead atoms. The van der Waals surface area contributed by atoms with Gasteiger partial charge in [0.05, 0.1) is 6.04 Å². The molecule has 0 spiro atoms. The van der Waals surface area contributed by atoms with Crippen molar-refractivity contribution >= 4 is 6.29 Å². The van der Waals surface area contributed by atoms with Gasteiger partial charge in [0.2, 0.25) is 0 Å². The van der Waals surface area contributed by atoms with Crippen LogP contribution >= 0.6 is 0 Å². The first kappa shape index (κ1) is 9.36. The fourth-order valence-corrected chi connectivity index (χ4v) is 2.03. The molecule has 1 saturated carbocycles. The Hall–Kier alpha value is -0.730. The maximum Gasteiger partial charge on any atom is 0.123 e. The summed E-state index contributed by atoms with van der Waals surface area (Å²) >= 11 is 0. The van der Waals surface area contributed by atoms with E-state index in [4.69, 9.17) is 0 Å². The van der Waals surface area contributed by atoms with Crippen LogP contribution in [0.2, 0.25) is 0 Å². The van der Waals surface area contributed by atoms with E-state index in [9.17, 15) is 9.70 Å². The maximum absolute atomic E-state index is 10.6. The molecule has 3 atom stereocenters. The number of rotatable bonds is 3. The zero-order valence-corrected chi connectivity index (χ0v) is 7.40. The van der Waals surface area contributed by atoms with Crippen molar-refractivity contribution in [3.05, 3.63) is 4.91 Å².